The van der Waals surface area contributed by atoms with Gasteiger partial charge in [-0.2, -0.15) is 0 Å². The molecule has 0 radical (unpaired) electrons. The Bertz CT molecular complexity index is 1520. The molecule has 12 nitrogen and oxygen atoms in total. The van der Waals surface area contributed by atoms with Gasteiger partial charge in [-0.15, -0.1) is 0 Å². The van der Waals surface area contributed by atoms with Crippen molar-refractivity contribution >= 4 is 52.0 Å². The van der Waals surface area contributed by atoms with Crippen molar-refractivity contribution in [1.29, 1.82) is 0 Å². The molecule has 14 heteroatoms. The monoisotopic (exact) mass is 543 g/mol. The Labute approximate surface area is 216 Å². The van der Waals surface area contributed by atoms with Gasteiger partial charge >= 0.3 is 11.7 Å². The quantitative estimate of drug-likeness (QED) is 0.259. The molecule has 190 valence electrons. The van der Waals surface area contributed by atoms with Gasteiger partial charge in [0.2, 0.25) is 17.7 Å². The molecule has 37 heavy (non-hydrogen) atoms. The Balaban J connectivity index is 1.55. The number of aromatic carboxylic acids is 1. The fourth-order valence-corrected chi connectivity index (χ4v) is 4.61. The fourth-order valence-electron chi connectivity index (χ4n) is 3.48. The Morgan fingerprint density at radius 1 is 1.05 bits per heavy atom. The smallest absolute Gasteiger partial charge is 0.335 e. The molecule has 6 N–H and O–H groups in total. The van der Waals surface area contributed by atoms with Crippen LogP contribution in [0.2, 0.25) is 5.02 Å². The zero-order chi connectivity index (χ0) is 26.7. The van der Waals surface area contributed by atoms with Crippen LogP contribution >= 0.6 is 23.4 Å². The van der Waals surface area contributed by atoms with Crippen molar-refractivity contribution in [3.8, 4) is 5.88 Å². The number of hydrogen-bond donors (Lipinski definition) is 6. The minimum Gasteiger partial charge on any atom is -0.494 e. The predicted molar refractivity (Wildman–Crippen MR) is 136 cm³/mol. The minimum atomic E-state index is -1.12. The number of hydrogen-bond acceptors (Lipinski definition) is 8. The van der Waals surface area contributed by atoms with E-state index in [1.54, 1.807) is 24.3 Å². The number of H-pyrrole nitrogens is 2. The topological polar surface area (TPSA) is 194 Å². The lowest BCUT2D eigenvalue weighted by molar-refractivity contribution is -0.122. The van der Waals surface area contributed by atoms with Crippen LogP contribution in [0.3, 0.4) is 0 Å². The number of benzene rings is 2. The van der Waals surface area contributed by atoms with Gasteiger partial charge < -0.3 is 20.8 Å². The third kappa shape index (κ3) is 6.08. The number of aliphatic imine (C=N–C) groups is 1. The molecular formula is C23H18ClN5O7S. The number of nitrogens with one attached hydrogen (secondary N) is 4. The highest BCUT2D eigenvalue weighted by Gasteiger charge is 2.33. The highest BCUT2D eigenvalue weighted by molar-refractivity contribution is 8.15. The first kappa shape index (κ1) is 25.7. The maximum atomic E-state index is 12.5. The zero-order valence-electron chi connectivity index (χ0n) is 18.6. The van der Waals surface area contributed by atoms with E-state index in [2.05, 4.69) is 20.6 Å². The van der Waals surface area contributed by atoms with Crippen molar-refractivity contribution in [3.63, 3.8) is 0 Å². The van der Waals surface area contributed by atoms with Crippen molar-refractivity contribution in [2.75, 3.05) is 5.32 Å². The Hall–Kier alpha value is -4.36. The van der Waals surface area contributed by atoms with Crippen molar-refractivity contribution in [3.05, 3.63) is 91.1 Å². The standard InChI is InChI=1S/C23H18ClN5O7S/c24-12-5-1-10(2-6-12)17(16-19(32)27-22(36)28-20(16)33)26-23-29-18(31)14(37-23)9-15(30)25-13-7-3-11(4-8-13)21(34)35/h1-8,14,17H,9H2,(H,25,30)(H,34,35)(H,26,29,31)(H3,27,28,32,33,36)/t14-,17+/m0/s1. The molecule has 1 aromatic heterocycles. The van der Waals surface area contributed by atoms with Crippen LogP contribution in [0.15, 0.2) is 63.1 Å². The molecule has 2 aromatic carbocycles. The number of carboxylic acids is 1. The summed E-state index contributed by atoms with van der Waals surface area (Å²) in [7, 11) is 0. The molecule has 1 saturated heterocycles. The van der Waals surface area contributed by atoms with E-state index in [0.717, 1.165) is 11.8 Å². The van der Waals surface area contributed by atoms with Crippen LogP contribution in [0, 0.1) is 0 Å². The van der Waals surface area contributed by atoms with Crippen molar-refractivity contribution < 1.29 is 24.6 Å². The number of carboxylic acid groups (broad SMARTS) is 1. The maximum Gasteiger partial charge on any atom is 0.335 e. The molecule has 2 atom stereocenters. The van der Waals surface area contributed by atoms with E-state index in [4.69, 9.17) is 16.7 Å². The van der Waals surface area contributed by atoms with Crippen molar-refractivity contribution in [1.82, 2.24) is 15.3 Å². The van der Waals surface area contributed by atoms with Gasteiger partial charge in [-0.1, -0.05) is 35.5 Å². The van der Waals surface area contributed by atoms with Crippen LogP contribution in [0.1, 0.15) is 33.9 Å². The third-order valence-corrected chi connectivity index (χ3v) is 6.58. The van der Waals surface area contributed by atoms with Gasteiger partial charge in [0, 0.05) is 17.1 Å². The summed E-state index contributed by atoms with van der Waals surface area (Å²) in [6.45, 7) is 0. The van der Waals surface area contributed by atoms with Crippen LogP contribution in [-0.4, -0.2) is 48.4 Å². The first-order valence-electron chi connectivity index (χ1n) is 10.6. The number of amides is 2. The van der Waals surface area contributed by atoms with Gasteiger partial charge in [-0.3, -0.25) is 24.4 Å². The largest absolute Gasteiger partial charge is 0.494 e. The van der Waals surface area contributed by atoms with E-state index in [1.165, 1.54) is 24.3 Å². The number of aromatic hydroxyl groups is 1. The van der Waals surface area contributed by atoms with E-state index in [0.29, 0.717) is 16.3 Å². The molecule has 1 fully saturated rings. The first-order valence-corrected chi connectivity index (χ1v) is 11.9. The van der Waals surface area contributed by atoms with E-state index in [1.807, 2.05) is 4.98 Å². The number of rotatable bonds is 7. The van der Waals surface area contributed by atoms with Crippen LogP contribution < -0.4 is 21.9 Å². The van der Waals surface area contributed by atoms with Gasteiger partial charge in [0.05, 0.1) is 5.56 Å². The van der Waals surface area contributed by atoms with Crippen LogP contribution in [-0.2, 0) is 9.59 Å². The van der Waals surface area contributed by atoms with Gasteiger partial charge in [0.15, 0.2) is 5.17 Å². The lowest BCUT2D eigenvalue weighted by Gasteiger charge is -2.14. The molecule has 4 rings (SSSR count). The van der Waals surface area contributed by atoms with Gasteiger partial charge in [0.25, 0.3) is 5.56 Å². The number of aromatic nitrogens is 2. The highest BCUT2D eigenvalue weighted by Crippen LogP contribution is 2.32. The van der Waals surface area contributed by atoms with E-state index in [9.17, 15) is 29.1 Å². The Morgan fingerprint density at radius 2 is 1.73 bits per heavy atom. The summed E-state index contributed by atoms with van der Waals surface area (Å²) >= 11 is 6.92. The summed E-state index contributed by atoms with van der Waals surface area (Å²) < 4.78 is 0. The van der Waals surface area contributed by atoms with Crippen molar-refractivity contribution in [2.45, 2.75) is 17.7 Å². The summed E-state index contributed by atoms with van der Waals surface area (Å²) in [6, 6.07) is 10.7. The number of carbonyl (C=O) groups is 3. The molecule has 2 amide bonds. The van der Waals surface area contributed by atoms with E-state index in [-0.39, 0.29) is 22.7 Å². The molecule has 1 aliphatic rings. The zero-order valence-corrected chi connectivity index (χ0v) is 20.2. The summed E-state index contributed by atoms with van der Waals surface area (Å²) in [5, 5.41) is 24.1. The number of nitrogens with zero attached hydrogens (tertiary/aromatic N) is 1. The summed E-state index contributed by atoms with van der Waals surface area (Å²) in [4.78, 5) is 68.6. The SMILES string of the molecule is O=C(C[C@@H]1SC(=N[C@H](c2ccc(Cl)cc2)c2c(O)[nH]c(=O)[nH]c2=O)NC1=O)Nc1ccc(C(=O)O)cc1. The maximum absolute atomic E-state index is 12.5. The lowest BCUT2D eigenvalue weighted by atomic mass is 10.0. The number of anilines is 1. The average molecular weight is 544 g/mol. The molecule has 3 aromatic rings. The molecule has 1 aliphatic heterocycles. The first-order chi connectivity index (χ1) is 17.6. The summed E-state index contributed by atoms with van der Waals surface area (Å²) in [6.07, 6.45) is -0.216. The van der Waals surface area contributed by atoms with Gasteiger partial charge in [-0.25, -0.2) is 14.6 Å². The van der Waals surface area contributed by atoms with Crippen molar-refractivity contribution in [2.24, 2.45) is 4.99 Å². The van der Waals surface area contributed by atoms with Gasteiger partial charge in [-0.05, 0) is 42.0 Å². The second-order valence-electron chi connectivity index (χ2n) is 7.79. The number of thioether (sulfide) groups is 1. The number of halogens is 1. The molecule has 0 saturated carbocycles. The third-order valence-electron chi connectivity index (χ3n) is 5.23. The Morgan fingerprint density at radius 3 is 2.35 bits per heavy atom. The molecule has 0 spiro atoms. The molecule has 0 bridgehead atoms. The summed E-state index contributed by atoms with van der Waals surface area (Å²) in [5.41, 5.74) is -1.17. The van der Waals surface area contributed by atoms with Gasteiger partial charge in [0.1, 0.15) is 16.9 Å². The Kier molecular flexibility index (Phi) is 7.45. The van der Waals surface area contributed by atoms with E-state index < -0.39 is 46.2 Å². The fraction of sp³-hybridized carbons (Fsp3) is 0.130. The number of carbonyl (C=O) groups excluding carboxylic acids is 2. The molecule has 2 heterocycles. The predicted octanol–water partition coefficient (Wildman–Crippen LogP) is 1.83. The average Bonchev–Trinajstić information content (AvgIpc) is 3.17. The molecule has 0 aliphatic carbocycles. The number of aromatic amines is 2. The number of amidine groups is 1. The highest BCUT2D eigenvalue weighted by atomic mass is 35.5. The summed E-state index contributed by atoms with van der Waals surface area (Å²) in [5.74, 6) is -2.76. The second-order valence-corrected chi connectivity index (χ2v) is 9.42. The van der Waals surface area contributed by atoms with Crippen LogP contribution in [0.25, 0.3) is 0 Å². The second kappa shape index (κ2) is 10.7. The van der Waals surface area contributed by atoms with Crippen LogP contribution in [0.4, 0.5) is 5.69 Å². The molecular weight excluding hydrogens is 526 g/mol. The van der Waals surface area contributed by atoms with E-state index >= 15 is 0 Å². The van der Waals surface area contributed by atoms with Crippen LogP contribution in [0.5, 0.6) is 5.88 Å². The normalized spacial score (nSPS) is 16.8. The lowest BCUT2D eigenvalue weighted by Crippen LogP contribution is -2.29. The molecule has 0 unspecified atom stereocenters. The minimum absolute atomic E-state index is 0.0622.